The topological polar surface area (TPSA) is 246 Å². The average Bonchev–Trinajstić information content (AvgIpc) is 3.38. The van der Waals surface area contributed by atoms with Gasteiger partial charge in [0.2, 0.25) is 0 Å². The molecule has 0 radical (unpaired) electrons. The summed E-state index contributed by atoms with van der Waals surface area (Å²) >= 11 is 5.70. The third kappa shape index (κ3) is 4.94. The second-order valence-electron chi connectivity index (χ2n) is 7.90. The quantitative estimate of drug-likeness (QED) is 0.195. The van der Waals surface area contributed by atoms with Crippen molar-refractivity contribution in [3.8, 4) is 0 Å². The number of aliphatic carboxylic acids is 1. The first-order chi connectivity index (χ1) is 17.0. The summed E-state index contributed by atoms with van der Waals surface area (Å²) in [5.74, 6) is -1.22. The molecule has 0 spiro atoms. The third-order valence-electron chi connectivity index (χ3n) is 5.59. The van der Waals surface area contributed by atoms with Crippen molar-refractivity contribution in [3.05, 3.63) is 30.2 Å². The molecule has 1 fully saturated rings. The number of nitrogens with two attached hydrogens (primary N) is 2. The molecule has 1 saturated heterocycles. The van der Waals surface area contributed by atoms with Crippen molar-refractivity contribution >= 4 is 44.6 Å². The highest BCUT2D eigenvalue weighted by Crippen LogP contribution is 2.33. The second-order valence-corrected chi connectivity index (χ2v) is 10.2. The number of hydrogen-bond donors (Lipinski definition) is 5. The van der Waals surface area contributed by atoms with E-state index in [9.17, 15) is 23.4 Å². The number of sulfonamides is 1. The molecule has 3 aromatic heterocycles. The van der Waals surface area contributed by atoms with E-state index >= 15 is 0 Å². The van der Waals surface area contributed by atoms with Gasteiger partial charge in [0.15, 0.2) is 22.7 Å². The van der Waals surface area contributed by atoms with E-state index in [0.717, 1.165) is 16.7 Å². The van der Waals surface area contributed by atoms with Gasteiger partial charge in [0.1, 0.15) is 41.4 Å². The van der Waals surface area contributed by atoms with Crippen molar-refractivity contribution in [2.75, 3.05) is 18.8 Å². The van der Waals surface area contributed by atoms with Crippen molar-refractivity contribution in [3.63, 3.8) is 0 Å². The summed E-state index contributed by atoms with van der Waals surface area (Å²) in [6.45, 7) is -0.831. The van der Waals surface area contributed by atoms with Crippen molar-refractivity contribution in [1.29, 1.82) is 0 Å². The van der Waals surface area contributed by atoms with Crippen LogP contribution in [0.15, 0.2) is 30.1 Å². The van der Waals surface area contributed by atoms with Crippen molar-refractivity contribution in [1.82, 2.24) is 33.8 Å². The molecule has 4 heterocycles. The van der Waals surface area contributed by atoms with E-state index in [2.05, 4.69) is 24.9 Å². The molecule has 7 N–H and O–H groups in total. The zero-order valence-electron chi connectivity index (χ0n) is 18.4. The standard InChI is InChI=1S/C18H22ClN9O7S/c19-10-3-23-11(4-22-10)36(33,34)27(2-1-8(20)18(31)32)5-9-13(29)14(30)17(35-9)28-7-26-12-15(21)24-6-25-16(12)28/h3-4,6-9,13-14,17,29-30H,1-2,5,20H2,(H,31,32)(H2,21,24,25)/t8-,9+,13+,14+,17+/m0/s1. The van der Waals surface area contributed by atoms with Crippen LogP contribution in [-0.4, -0.2) is 101 Å². The fraction of sp³-hybridized carbons (Fsp3) is 0.444. The van der Waals surface area contributed by atoms with E-state index in [-0.39, 0.29) is 35.1 Å². The largest absolute Gasteiger partial charge is 0.480 e. The average molecular weight is 544 g/mol. The molecule has 1 aliphatic heterocycles. The van der Waals surface area contributed by atoms with Gasteiger partial charge in [-0.1, -0.05) is 11.6 Å². The van der Waals surface area contributed by atoms with E-state index in [4.69, 9.17) is 32.9 Å². The molecule has 16 nitrogen and oxygen atoms in total. The second kappa shape index (κ2) is 10.1. The lowest BCUT2D eigenvalue weighted by molar-refractivity contribution is -0.138. The molecule has 3 aromatic rings. The third-order valence-corrected chi connectivity index (χ3v) is 7.54. The van der Waals surface area contributed by atoms with E-state index in [0.29, 0.717) is 0 Å². The zero-order chi connectivity index (χ0) is 26.2. The summed E-state index contributed by atoms with van der Waals surface area (Å²) < 4.78 is 34.6. The molecule has 0 aromatic carbocycles. The Labute approximate surface area is 208 Å². The van der Waals surface area contributed by atoms with Gasteiger partial charge >= 0.3 is 5.97 Å². The van der Waals surface area contributed by atoms with Crippen molar-refractivity contribution in [2.45, 2.75) is 42.0 Å². The number of aliphatic hydroxyl groups excluding tert-OH is 2. The number of aromatic nitrogens is 6. The minimum atomic E-state index is -4.36. The minimum absolute atomic E-state index is 0.0362. The first-order valence-corrected chi connectivity index (χ1v) is 12.2. The first-order valence-electron chi connectivity index (χ1n) is 10.4. The van der Waals surface area contributed by atoms with E-state index < -0.39 is 58.1 Å². The number of hydrogen-bond acceptors (Lipinski definition) is 13. The highest BCUT2D eigenvalue weighted by molar-refractivity contribution is 7.89. The van der Waals surface area contributed by atoms with Gasteiger partial charge in [0.25, 0.3) is 10.0 Å². The van der Waals surface area contributed by atoms with Gasteiger partial charge < -0.3 is 31.5 Å². The minimum Gasteiger partial charge on any atom is -0.480 e. The van der Waals surface area contributed by atoms with Crippen molar-refractivity contribution in [2.24, 2.45) is 5.73 Å². The molecule has 0 saturated carbocycles. The lowest BCUT2D eigenvalue weighted by Gasteiger charge is -2.26. The fourth-order valence-corrected chi connectivity index (χ4v) is 5.07. The molecule has 4 rings (SSSR count). The summed E-state index contributed by atoms with van der Waals surface area (Å²) in [6.07, 6.45) is -1.25. The number of rotatable bonds is 9. The lowest BCUT2D eigenvalue weighted by Crippen LogP contribution is -2.45. The molecule has 0 unspecified atom stereocenters. The van der Waals surface area contributed by atoms with Gasteiger partial charge in [-0.15, -0.1) is 0 Å². The molecule has 36 heavy (non-hydrogen) atoms. The van der Waals surface area contributed by atoms with Crippen LogP contribution in [0.4, 0.5) is 5.82 Å². The number of anilines is 1. The predicted molar refractivity (Wildman–Crippen MR) is 122 cm³/mol. The van der Waals surface area contributed by atoms with Gasteiger partial charge in [-0.3, -0.25) is 9.36 Å². The van der Waals surface area contributed by atoms with Crippen LogP contribution >= 0.6 is 11.6 Å². The van der Waals surface area contributed by atoms with Crippen LogP contribution in [-0.2, 0) is 19.6 Å². The van der Waals surface area contributed by atoms with E-state index in [1.807, 2.05) is 0 Å². The molecular formula is C18H22ClN9O7S. The smallest absolute Gasteiger partial charge is 0.320 e. The Morgan fingerprint density at radius 3 is 2.61 bits per heavy atom. The molecule has 0 aliphatic carbocycles. The Bertz CT molecular complexity index is 1360. The Hall–Kier alpha value is -3.06. The van der Waals surface area contributed by atoms with Gasteiger partial charge in [-0.2, -0.15) is 4.31 Å². The van der Waals surface area contributed by atoms with Crippen LogP contribution in [0.25, 0.3) is 11.2 Å². The van der Waals surface area contributed by atoms with Crippen LogP contribution < -0.4 is 11.5 Å². The van der Waals surface area contributed by atoms with Gasteiger partial charge in [-0.25, -0.2) is 33.3 Å². The van der Waals surface area contributed by atoms with Crippen molar-refractivity contribution < 1.29 is 33.3 Å². The van der Waals surface area contributed by atoms with Crippen LogP contribution in [0.5, 0.6) is 0 Å². The summed E-state index contributed by atoms with van der Waals surface area (Å²) in [6, 6.07) is -1.35. The van der Waals surface area contributed by atoms with E-state index in [1.54, 1.807) is 0 Å². The number of fused-ring (bicyclic) bond motifs is 1. The molecular weight excluding hydrogens is 522 g/mol. The Morgan fingerprint density at radius 1 is 1.19 bits per heavy atom. The van der Waals surface area contributed by atoms with Crippen LogP contribution in [0.2, 0.25) is 5.15 Å². The molecule has 5 atom stereocenters. The van der Waals surface area contributed by atoms with Gasteiger partial charge in [-0.05, 0) is 6.42 Å². The monoisotopic (exact) mass is 543 g/mol. The van der Waals surface area contributed by atoms with Gasteiger partial charge in [0.05, 0.1) is 18.7 Å². The Morgan fingerprint density at radius 2 is 1.94 bits per heavy atom. The maximum atomic E-state index is 13.3. The molecule has 18 heteroatoms. The number of imidazole rings is 1. The molecule has 0 bridgehead atoms. The zero-order valence-corrected chi connectivity index (χ0v) is 19.9. The number of carboxylic acids is 1. The van der Waals surface area contributed by atoms with E-state index in [1.165, 1.54) is 17.2 Å². The summed E-state index contributed by atoms with van der Waals surface area (Å²) in [4.78, 5) is 30.7. The molecule has 0 amide bonds. The van der Waals surface area contributed by atoms with Crippen LogP contribution in [0.3, 0.4) is 0 Å². The predicted octanol–water partition coefficient (Wildman–Crippen LogP) is -2.04. The fourth-order valence-electron chi connectivity index (χ4n) is 3.65. The maximum Gasteiger partial charge on any atom is 0.320 e. The Kier molecular flexibility index (Phi) is 7.32. The summed E-state index contributed by atoms with van der Waals surface area (Å²) in [5, 5.41) is 30.0. The highest BCUT2D eigenvalue weighted by Gasteiger charge is 2.46. The number of aliphatic hydroxyl groups is 2. The normalized spacial score (nSPS) is 23.4. The SMILES string of the molecule is Nc1ncnc2c1ncn2[C@@H]1O[C@H](CN(CC[C@H](N)C(=O)O)S(=O)(=O)c2cnc(Cl)cn2)[C@@H](O)[C@H]1O. The molecule has 194 valence electrons. The number of carboxylic acid groups (broad SMARTS) is 1. The van der Waals surface area contributed by atoms with Crippen LogP contribution in [0, 0.1) is 0 Å². The lowest BCUT2D eigenvalue weighted by atomic mass is 10.1. The maximum absolute atomic E-state index is 13.3. The van der Waals surface area contributed by atoms with Gasteiger partial charge in [0, 0.05) is 13.1 Å². The summed E-state index contributed by atoms with van der Waals surface area (Å²) in [7, 11) is -4.36. The number of nitrogen functional groups attached to an aromatic ring is 1. The first kappa shape index (κ1) is 26.0. The number of nitrogens with zero attached hydrogens (tertiary/aromatic N) is 7. The Balaban J connectivity index is 1.61. The number of carbonyl (C=O) groups is 1. The number of halogens is 1. The van der Waals surface area contributed by atoms with Crippen LogP contribution in [0.1, 0.15) is 12.6 Å². The molecule has 1 aliphatic rings. The number of ether oxygens (including phenoxy) is 1. The highest BCUT2D eigenvalue weighted by atomic mass is 35.5. The summed E-state index contributed by atoms with van der Waals surface area (Å²) in [5.41, 5.74) is 11.8.